The highest BCUT2D eigenvalue weighted by molar-refractivity contribution is 6.69. The Bertz CT molecular complexity index is 353. The smallest absolute Gasteiger partial charge is 0.404 e. The first-order valence-electron chi connectivity index (χ1n) is 6.37. The molecule has 0 aromatic heterocycles. The van der Waals surface area contributed by atoms with Crippen LogP contribution in [0.25, 0.3) is 10.4 Å². The maximum atomic E-state index is 13.3. The molecule has 0 aromatic carbocycles. The Kier molecular flexibility index (Phi) is 4.92. The quantitative estimate of drug-likeness (QED) is 0.322. The molecular formula is C11H20F3N3OSi. The molecular weight excluding hydrogens is 275 g/mol. The number of alkyl halides is 3. The highest BCUT2D eigenvalue weighted by atomic mass is 28.4. The maximum absolute atomic E-state index is 13.3. The molecule has 1 fully saturated rings. The topological polar surface area (TPSA) is 58.0 Å². The first-order valence-corrected chi connectivity index (χ1v) is 9.78. The van der Waals surface area contributed by atoms with Gasteiger partial charge in [0.15, 0.2) is 13.9 Å². The van der Waals surface area contributed by atoms with Crippen molar-refractivity contribution in [1.82, 2.24) is 0 Å². The number of azide groups is 1. The molecule has 8 heteroatoms. The highest BCUT2D eigenvalue weighted by Crippen LogP contribution is 2.47. The van der Waals surface area contributed by atoms with E-state index in [9.17, 15) is 13.2 Å². The van der Waals surface area contributed by atoms with Crippen LogP contribution in [0.4, 0.5) is 13.2 Å². The second-order valence-corrected chi connectivity index (χ2v) is 10.5. The lowest BCUT2D eigenvalue weighted by Gasteiger charge is -2.44. The summed E-state index contributed by atoms with van der Waals surface area (Å²) in [5.41, 5.74) is 6.25. The van der Waals surface area contributed by atoms with Gasteiger partial charge in [-0.1, -0.05) is 5.11 Å². The maximum Gasteiger partial charge on any atom is 0.416 e. The van der Waals surface area contributed by atoms with E-state index in [1.807, 2.05) is 0 Å². The Hall–Kier alpha value is -0.723. The summed E-state index contributed by atoms with van der Waals surface area (Å²) < 4.78 is 45.5. The van der Waals surface area contributed by atoms with Crippen LogP contribution >= 0.6 is 0 Å². The van der Waals surface area contributed by atoms with Gasteiger partial charge in [0.2, 0.25) is 0 Å². The molecule has 0 atom stereocenters. The molecule has 4 nitrogen and oxygen atoms in total. The number of hydrogen-bond acceptors (Lipinski definition) is 2. The predicted octanol–water partition coefficient (Wildman–Crippen LogP) is 4.64. The molecule has 0 radical (unpaired) electrons. The van der Waals surface area contributed by atoms with E-state index in [4.69, 9.17) is 9.96 Å². The minimum absolute atomic E-state index is 0.0353. The number of nitrogens with zero attached hydrogens (tertiary/aromatic N) is 3. The van der Waals surface area contributed by atoms with Gasteiger partial charge in [-0.05, 0) is 56.8 Å². The zero-order chi connectivity index (χ0) is 14.7. The number of rotatable bonds is 4. The van der Waals surface area contributed by atoms with E-state index in [0.717, 1.165) is 0 Å². The third kappa shape index (κ3) is 4.40. The van der Waals surface area contributed by atoms with Crippen molar-refractivity contribution in [2.45, 2.75) is 57.1 Å². The van der Waals surface area contributed by atoms with Gasteiger partial charge in [0.05, 0.1) is 0 Å². The van der Waals surface area contributed by atoms with Gasteiger partial charge < -0.3 is 4.43 Å². The van der Waals surface area contributed by atoms with Crippen molar-refractivity contribution in [3.63, 3.8) is 0 Å². The van der Waals surface area contributed by atoms with E-state index < -0.39 is 20.1 Å². The van der Waals surface area contributed by atoms with E-state index in [1.165, 1.54) is 0 Å². The summed E-state index contributed by atoms with van der Waals surface area (Å²) in [6.07, 6.45) is -3.62. The normalized spacial score (nSPS) is 28.8. The third-order valence-corrected chi connectivity index (χ3v) is 4.34. The minimum Gasteiger partial charge on any atom is -0.404 e. The molecule has 110 valence electrons. The van der Waals surface area contributed by atoms with Gasteiger partial charge in [-0.25, -0.2) is 0 Å². The summed E-state index contributed by atoms with van der Waals surface area (Å²) in [5.74, 6) is 0.0385. The number of halogens is 3. The van der Waals surface area contributed by atoms with Crippen LogP contribution in [0, 0.1) is 5.92 Å². The molecule has 0 spiro atoms. The predicted molar refractivity (Wildman–Crippen MR) is 69.2 cm³/mol. The van der Waals surface area contributed by atoms with Crippen molar-refractivity contribution in [3.8, 4) is 0 Å². The van der Waals surface area contributed by atoms with Crippen LogP contribution in [0.5, 0.6) is 0 Å². The molecule has 0 N–H and O–H groups in total. The lowest BCUT2D eigenvalue weighted by Crippen LogP contribution is -2.55. The van der Waals surface area contributed by atoms with Crippen LogP contribution in [-0.2, 0) is 4.43 Å². The fraction of sp³-hybridized carbons (Fsp3) is 1.00. The first kappa shape index (κ1) is 16.3. The minimum atomic E-state index is -4.34. The highest BCUT2D eigenvalue weighted by Gasteiger charge is 2.58. The van der Waals surface area contributed by atoms with Crippen LogP contribution in [-0.4, -0.2) is 26.6 Å². The molecule has 0 bridgehead atoms. The summed E-state index contributed by atoms with van der Waals surface area (Å²) in [6.45, 7) is 5.59. The Morgan fingerprint density at radius 2 is 1.84 bits per heavy atom. The lowest BCUT2D eigenvalue weighted by molar-refractivity contribution is -0.263. The summed E-state index contributed by atoms with van der Waals surface area (Å²) >= 11 is 0. The molecule has 19 heavy (non-hydrogen) atoms. The van der Waals surface area contributed by atoms with Gasteiger partial charge in [0.1, 0.15) is 0 Å². The molecule has 0 aliphatic heterocycles. The fourth-order valence-corrected chi connectivity index (χ4v) is 4.00. The van der Waals surface area contributed by atoms with Crippen LogP contribution in [0.2, 0.25) is 19.6 Å². The van der Waals surface area contributed by atoms with Crippen molar-refractivity contribution in [2.75, 3.05) is 6.54 Å². The second kappa shape index (κ2) is 5.72. The molecule has 0 unspecified atom stereocenters. The Labute approximate surface area is 112 Å². The largest absolute Gasteiger partial charge is 0.416 e. The zero-order valence-corrected chi connectivity index (χ0v) is 12.5. The van der Waals surface area contributed by atoms with Crippen molar-refractivity contribution >= 4 is 8.32 Å². The molecule has 1 aliphatic carbocycles. The summed E-state index contributed by atoms with van der Waals surface area (Å²) in [4.78, 5) is 2.65. The van der Waals surface area contributed by atoms with Crippen molar-refractivity contribution < 1.29 is 17.6 Å². The van der Waals surface area contributed by atoms with E-state index in [2.05, 4.69) is 10.0 Å². The summed E-state index contributed by atoms with van der Waals surface area (Å²) in [5, 5.41) is 3.45. The molecule has 0 heterocycles. The van der Waals surface area contributed by atoms with Crippen molar-refractivity contribution in [1.29, 1.82) is 0 Å². The monoisotopic (exact) mass is 295 g/mol. The number of hydrogen-bond donors (Lipinski definition) is 0. The molecule has 0 aromatic rings. The van der Waals surface area contributed by atoms with Crippen LogP contribution < -0.4 is 0 Å². The first-order chi connectivity index (χ1) is 8.60. The van der Waals surface area contributed by atoms with Gasteiger partial charge in [-0.3, -0.25) is 0 Å². The Morgan fingerprint density at radius 1 is 1.32 bits per heavy atom. The SMILES string of the molecule is C[Si](C)(C)OC1(C(F)(F)F)CCC(CN=[N+]=[N-])CC1. The molecule has 0 amide bonds. The molecule has 0 saturated heterocycles. The van der Waals surface area contributed by atoms with E-state index >= 15 is 0 Å². The van der Waals surface area contributed by atoms with E-state index in [1.54, 1.807) is 19.6 Å². The van der Waals surface area contributed by atoms with Gasteiger partial charge in [-0.2, -0.15) is 13.2 Å². The fourth-order valence-electron chi connectivity index (χ4n) is 2.51. The third-order valence-electron chi connectivity index (χ3n) is 3.33. The standard InChI is InChI=1S/C11H20F3N3OSi/c1-19(2,3)18-10(11(12,13)14)6-4-9(5-7-10)8-16-17-15/h9H,4-8H2,1-3H3. The van der Waals surface area contributed by atoms with Crippen LogP contribution in [0.3, 0.4) is 0 Å². The van der Waals surface area contributed by atoms with Gasteiger partial charge in [0.25, 0.3) is 0 Å². The van der Waals surface area contributed by atoms with Gasteiger partial charge >= 0.3 is 6.18 Å². The van der Waals surface area contributed by atoms with Crippen molar-refractivity contribution in [3.05, 3.63) is 10.4 Å². The summed E-state index contributed by atoms with van der Waals surface area (Å²) in [7, 11) is -2.28. The van der Waals surface area contributed by atoms with Crippen LogP contribution in [0.15, 0.2) is 5.11 Å². The lowest BCUT2D eigenvalue weighted by atomic mass is 9.78. The Morgan fingerprint density at radius 3 is 2.21 bits per heavy atom. The van der Waals surface area contributed by atoms with Gasteiger partial charge in [0, 0.05) is 11.5 Å². The van der Waals surface area contributed by atoms with Crippen molar-refractivity contribution in [2.24, 2.45) is 11.0 Å². The molecule has 1 rings (SSSR count). The zero-order valence-electron chi connectivity index (χ0n) is 11.5. The van der Waals surface area contributed by atoms with E-state index in [0.29, 0.717) is 12.8 Å². The summed E-state index contributed by atoms with van der Waals surface area (Å²) in [6, 6.07) is 0. The average Bonchev–Trinajstić information content (AvgIpc) is 2.24. The second-order valence-electron chi connectivity index (χ2n) is 6.06. The average molecular weight is 295 g/mol. The molecule has 1 aliphatic rings. The Balaban J connectivity index is 2.78. The van der Waals surface area contributed by atoms with E-state index in [-0.39, 0.29) is 25.3 Å². The van der Waals surface area contributed by atoms with Crippen LogP contribution in [0.1, 0.15) is 25.7 Å². The van der Waals surface area contributed by atoms with Gasteiger partial charge in [-0.15, -0.1) is 0 Å². The molecule has 1 saturated carbocycles.